The molecule has 1 heterocycles. The van der Waals surface area contributed by atoms with Crippen molar-refractivity contribution in [2.75, 3.05) is 0 Å². The molecule has 2 heteroatoms. The number of rotatable bonds is 1. The van der Waals surface area contributed by atoms with Crippen LogP contribution < -0.4 is 0 Å². The van der Waals surface area contributed by atoms with Gasteiger partial charge in [0.05, 0.1) is 5.52 Å². The van der Waals surface area contributed by atoms with Crippen LogP contribution in [0.5, 0.6) is 0 Å². The molecule has 0 N–H and O–H groups in total. The molecular weight excluding hydrogens is 280 g/mol. The van der Waals surface area contributed by atoms with Crippen LogP contribution in [-0.2, 0) is 0 Å². The lowest BCUT2D eigenvalue weighted by Crippen LogP contribution is -1.93. The maximum absolute atomic E-state index is 4.90. The zero-order chi connectivity index (χ0) is 16.7. The van der Waals surface area contributed by atoms with Gasteiger partial charge in [-0.1, -0.05) is 60.0 Å². The first kappa shape index (κ1) is 16.5. The van der Waals surface area contributed by atoms with Gasteiger partial charge in [-0.2, -0.15) is 0 Å². The second kappa shape index (κ2) is 7.91. The molecule has 114 valence electrons. The van der Waals surface area contributed by atoms with E-state index in [2.05, 4.69) is 22.0 Å². The molecule has 0 aliphatic carbocycles. The molecule has 0 amide bonds. The fourth-order valence-electron chi connectivity index (χ4n) is 2.12. The Kier molecular flexibility index (Phi) is 5.66. The van der Waals surface area contributed by atoms with E-state index in [1.54, 1.807) is 6.08 Å². The molecule has 1 aromatic heterocycles. The molecule has 0 radical (unpaired) electrons. The molecule has 0 aliphatic rings. The second-order valence-corrected chi connectivity index (χ2v) is 5.40. The summed E-state index contributed by atoms with van der Waals surface area (Å²) in [5, 5.41) is 1.12. The van der Waals surface area contributed by atoms with Crippen molar-refractivity contribution in [3.05, 3.63) is 71.9 Å². The minimum atomic E-state index is 0.793. The molecule has 23 heavy (non-hydrogen) atoms. The molecule has 0 saturated carbocycles. The van der Waals surface area contributed by atoms with E-state index in [0.29, 0.717) is 0 Å². The number of aromatic nitrogens is 2. The van der Waals surface area contributed by atoms with Crippen molar-refractivity contribution in [2.45, 2.75) is 20.8 Å². The highest BCUT2D eigenvalue weighted by molar-refractivity contribution is 5.82. The first-order valence-corrected chi connectivity index (χ1v) is 7.50. The van der Waals surface area contributed by atoms with Gasteiger partial charge in [0.1, 0.15) is 0 Å². The number of allylic oxidation sites excluding steroid dienone is 2. The van der Waals surface area contributed by atoms with Gasteiger partial charge in [0.2, 0.25) is 0 Å². The molecule has 2 aromatic carbocycles. The zero-order valence-corrected chi connectivity index (χ0v) is 13.7. The molecule has 0 fully saturated rings. The Bertz CT molecular complexity index is 852. The van der Waals surface area contributed by atoms with Gasteiger partial charge < -0.3 is 0 Å². The maximum Gasteiger partial charge on any atom is 0.160 e. The zero-order valence-electron chi connectivity index (χ0n) is 13.7. The lowest BCUT2D eigenvalue weighted by Gasteiger charge is -2.05. The van der Waals surface area contributed by atoms with E-state index in [4.69, 9.17) is 6.42 Å². The third-order valence-electron chi connectivity index (χ3n) is 3.20. The number of hydrogen-bond acceptors (Lipinski definition) is 2. The number of hydrogen-bond donors (Lipinski definition) is 0. The van der Waals surface area contributed by atoms with E-state index in [9.17, 15) is 0 Å². The Morgan fingerprint density at radius 1 is 0.957 bits per heavy atom. The van der Waals surface area contributed by atoms with Crippen molar-refractivity contribution in [1.82, 2.24) is 9.97 Å². The predicted molar refractivity (Wildman–Crippen MR) is 98.0 cm³/mol. The van der Waals surface area contributed by atoms with Crippen LogP contribution in [0.4, 0.5) is 0 Å². The van der Waals surface area contributed by atoms with Crippen molar-refractivity contribution in [2.24, 2.45) is 0 Å². The first-order valence-electron chi connectivity index (χ1n) is 7.50. The summed E-state index contributed by atoms with van der Waals surface area (Å²) in [4.78, 5) is 9.16. The third-order valence-corrected chi connectivity index (χ3v) is 3.20. The van der Waals surface area contributed by atoms with Crippen molar-refractivity contribution in [1.29, 1.82) is 0 Å². The summed E-state index contributed by atoms with van der Waals surface area (Å²) >= 11 is 0. The van der Waals surface area contributed by atoms with E-state index < -0.39 is 0 Å². The van der Waals surface area contributed by atoms with Gasteiger partial charge in [-0.3, -0.25) is 0 Å². The van der Waals surface area contributed by atoms with Crippen molar-refractivity contribution in [3.63, 3.8) is 0 Å². The quantitative estimate of drug-likeness (QED) is 0.578. The minimum Gasteiger partial charge on any atom is -0.233 e. The van der Waals surface area contributed by atoms with Crippen molar-refractivity contribution >= 4 is 10.9 Å². The highest BCUT2D eigenvalue weighted by Crippen LogP contribution is 2.20. The molecule has 0 aliphatic heterocycles. The summed E-state index contributed by atoms with van der Waals surface area (Å²) in [5.41, 5.74) is 4.26. The fraction of sp³-hybridized carbons (Fsp3) is 0.143. The van der Waals surface area contributed by atoms with E-state index in [-0.39, 0.29) is 0 Å². The first-order chi connectivity index (χ1) is 11.1. The molecule has 0 spiro atoms. The van der Waals surface area contributed by atoms with E-state index in [1.165, 1.54) is 5.57 Å². The molecule has 3 rings (SSSR count). The van der Waals surface area contributed by atoms with Gasteiger partial charge in [-0.15, -0.1) is 6.42 Å². The van der Waals surface area contributed by atoms with Gasteiger partial charge in [0.25, 0.3) is 0 Å². The fourth-order valence-corrected chi connectivity index (χ4v) is 2.12. The van der Waals surface area contributed by atoms with Crippen LogP contribution in [0.2, 0.25) is 0 Å². The van der Waals surface area contributed by atoms with Crippen LogP contribution in [-0.4, -0.2) is 9.97 Å². The van der Waals surface area contributed by atoms with E-state index >= 15 is 0 Å². The van der Waals surface area contributed by atoms with Gasteiger partial charge in [0, 0.05) is 16.6 Å². The van der Waals surface area contributed by atoms with Gasteiger partial charge in [0.15, 0.2) is 5.82 Å². The summed E-state index contributed by atoms with van der Waals surface area (Å²) < 4.78 is 0. The number of fused-ring (bicyclic) bond motifs is 1. The Balaban J connectivity index is 0.000000277. The largest absolute Gasteiger partial charge is 0.233 e. The molecule has 0 unspecified atom stereocenters. The predicted octanol–water partition coefficient (Wildman–Crippen LogP) is 5.19. The standard InChI is InChI=1S/C15H12N2.C6H8/c1-11-13-9-5-6-10-14(13)17-15(16-11)12-7-3-2-4-8-12;1-4-5-6(2)3/h2-10H,1H3;1,5H,2-3H3. The summed E-state index contributed by atoms with van der Waals surface area (Å²) in [6.45, 7) is 5.97. The van der Waals surface area contributed by atoms with Crippen LogP contribution in [0.15, 0.2) is 66.2 Å². The second-order valence-electron chi connectivity index (χ2n) is 5.40. The van der Waals surface area contributed by atoms with Crippen molar-refractivity contribution in [3.8, 4) is 23.7 Å². The van der Waals surface area contributed by atoms with Crippen LogP contribution in [0, 0.1) is 19.3 Å². The smallest absolute Gasteiger partial charge is 0.160 e. The molecule has 0 bridgehead atoms. The molecular formula is C21H20N2. The normalized spacial score (nSPS) is 9.48. The van der Waals surface area contributed by atoms with Crippen LogP contribution in [0.1, 0.15) is 19.5 Å². The highest BCUT2D eigenvalue weighted by Gasteiger charge is 2.05. The average molecular weight is 300 g/mol. The number of benzene rings is 2. The average Bonchev–Trinajstić information content (AvgIpc) is 2.56. The monoisotopic (exact) mass is 300 g/mol. The Morgan fingerprint density at radius 3 is 2.22 bits per heavy atom. The van der Waals surface area contributed by atoms with Crippen molar-refractivity contribution < 1.29 is 0 Å². The Hall–Kier alpha value is -2.92. The number of para-hydroxylation sites is 1. The van der Waals surface area contributed by atoms with E-state index in [1.807, 2.05) is 69.3 Å². The molecule has 0 saturated heterocycles. The topological polar surface area (TPSA) is 25.8 Å². The van der Waals surface area contributed by atoms with Gasteiger partial charge in [-0.05, 0) is 32.9 Å². The maximum atomic E-state index is 4.90. The van der Waals surface area contributed by atoms with E-state index in [0.717, 1.165) is 28.0 Å². The van der Waals surface area contributed by atoms with Gasteiger partial charge in [-0.25, -0.2) is 9.97 Å². The highest BCUT2D eigenvalue weighted by atomic mass is 14.9. The minimum absolute atomic E-state index is 0.793. The van der Waals surface area contributed by atoms with Crippen LogP contribution in [0.25, 0.3) is 22.3 Å². The number of nitrogens with zero attached hydrogens (tertiary/aromatic N) is 2. The molecule has 3 aromatic rings. The van der Waals surface area contributed by atoms with Gasteiger partial charge >= 0.3 is 0 Å². The molecule has 0 atom stereocenters. The number of aryl methyl sites for hydroxylation is 1. The Labute approximate surface area is 137 Å². The summed E-state index contributed by atoms with van der Waals surface area (Å²) in [6, 6.07) is 18.2. The lowest BCUT2D eigenvalue weighted by atomic mass is 10.1. The SMILES string of the molecule is C#CC=C(C)C.Cc1nc(-c2ccccc2)nc2ccccc12. The summed E-state index contributed by atoms with van der Waals surface area (Å²) in [6.07, 6.45) is 6.64. The lowest BCUT2D eigenvalue weighted by molar-refractivity contribution is 1.16. The van der Waals surface area contributed by atoms with Crippen LogP contribution in [0.3, 0.4) is 0 Å². The third kappa shape index (κ3) is 4.52. The summed E-state index contributed by atoms with van der Waals surface area (Å²) in [7, 11) is 0. The molecule has 2 nitrogen and oxygen atoms in total. The van der Waals surface area contributed by atoms with Crippen LogP contribution >= 0.6 is 0 Å². The summed E-state index contributed by atoms with van der Waals surface area (Å²) in [5.74, 6) is 3.20. The number of terminal acetylenes is 1. The Morgan fingerprint density at radius 2 is 1.61 bits per heavy atom.